The van der Waals surface area contributed by atoms with Crippen molar-refractivity contribution in [1.82, 2.24) is 4.90 Å². The summed E-state index contributed by atoms with van der Waals surface area (Å²) in [6.45, 7) is 5.15. The van der Waals surface area contributed by atoms with E-state index in [-0.39, 0.29) is 10.6 Å². The van der Waals surface area contributed by atoms with Gasteiger partial charge in [0.15, 0.2) is 0 Å². The normalized spacial score (nSPS) is 20.4. The predicted molar refractivity (Wildman–Crippen MR) is 82.6 cm³/mol. The number of hydrogen-bond acceptors (Lipinski definition) is 4. The molecule has 1 saturated heterocycles. The molecular formula is C13H17BrN2O2S. The van der Waals surface area contributed by atoms with Crippen LogP contribution in [-0.2, 0) is 6.54 Å². The number of thioether (sulfide) groups is 1. The maximum Gasteiger partial charge on any atom is 0.283 e. The van der Waals surface area contributed by atoms with Crippen LogP contribution in [0.5, 0.6) is 0 Å². The Bertz CT molecular complexity index is 470. The van der Waals surface area contributed by atoms with Gasteiger partial charge in [-0.2, -0.15) is 11.8 Å². The fourth-order valence-electron chi connectivity index (χ4n) is 2.23. The molecule has 0 spiro atoms. The molecule has 1 aliphatic rings. The third kappa shape index (κ3) is 3.94. The molecule has 0 saturated carbocycles. The molecule has 19 heavy (non-hydrogen) atoms. The number of nitro benzene ring substituents is 1. The van der Waals surface area contributed by atoms with Crippen LogP contribution in [0.2, 0.25) is 0 Å². The van der Waals surface area contributed by atoms with Crippen molar-refractivity contribution in [2.24, 2.45) is 0 Å². The van der Waals surface area contributed by atoms with E-state index in [2.05, 4.69) is 27.8 Å². The van der Waals surface area contributed by atoms with E-state index in [0.717, 1.165) is 31.0 Å². The van der Waals surface area contributed by atoms with E-state index in [1.54, 1.807) is 12.1 Å². The summed E-state index contributed by atoms with van der Waals surface area (Å²) in [6.07, 6.45) is 1.18. The van der Waals surface area contributed by atoms with Gasteiger partial charge < -0.3 is 0 Å². The molecule has 0 N–H and O–H groups in total. The summed E-state index contributed by atoms with van der Waals surface area (Å²) in [5.41, 5.74) is 1.16. The van der Waals surface area contributed by atoms with E-state index in [1.165, 1.54) is 6.42 Å². The lowest BCUT2D eigenvalue weighted by Gasteiger charge is -2.31. The highest BCUT2D eigenvalue weighted by molar-refractivity contribution is 9.10. The molecule has 104 valence electrons. The molecule has 4 nitrogen and oxygen atoms in total. The number of nitro groups is 1. The lowest BCUT2D eigenvalue weighted by Crippen LogP contribution is -2.37. The fourth-order valence-corrected chi connectivity index (χ4v) is 3.87. The van der Waals surface area contributed by atoms with Gasteiger partial charge in [0, 0.05) is 36.7 Å². The van der Waals surface area contributed by atoms with Gasteiger partial charge >= 0.3 is 0 Å². The first-order valence-electron chi connectivity index (χ1n) is 6.37. The van der Waals surface area contributed by atoms with Crippen molar-refractivity contribution >= 4 is 33.4 Å². The topological polar surface area (TPSA) is 46.4 Å². The van der Waals surface area contributed by atoms with E-state index in [4.69, 9.17) is 0 Å². The van der Waals surface area contributed by atoms with E-state index >= 15 is 0 Å². The predicted octanol–water partition coefficient (Wildman–Crippen LogP) is 3.68. The second-order valence-corrected chi connectivity index (χ2v) is 6.94. The first kappa shape index (κ1) is 14.8. The number of rotatable bonds is 4. The summed E-state index contributed by atoms with van der Waals surface area (Å²) in [5.74, 6) is 1.15. The zero-order valence-electron chi connectivity index (χ0n) is 10.8. The molecule has 6 heteroatoms. The van der Waals surface area contributed by atoms with E-state index in [1.807, 2.05) is 17.8 Å². The molecule has 2 rings (SSSR count). The molecular weight excluding hydrogens is 328 g/mol. The second kappa shape index (κ2) is 6.72. The molecule has 1 aromatic rings. The Hall–Kier alpha value is -0.590. The minimum Gasteiger partial charge on any atom is -0.297 e. The van der Waals surface area contributed by atoms with E-state index in [9.17, 15) is 10.1 Å². The van der Waals surface area contributed by atoms with Gasteiger partial charge in [0.05, 0.1) is 9.40 Å². The zero-order chi connectivity index (χ0) is 13.8. The molecule has 0 aromatic heterocycles. The SMILES string of the molecule is CCC1CN(Cc2ccc(Br)c([N+](=O)[O-])c2)CCS1. The highest BCUT2D eigenvalue weighted by atomic mass is 79.9. The molecule has 0 radical (unpaired) electrons. The van der Waals surface area contributed by atoms with Gasteiger partial charge in [-0.1, -0.05) is 13.0 Å². The summed E-state index contributed by atoms with van der Waals surface area (Å²) < 4.78 is 0.543. The van der Waals surface area contributed by atoms with Crippen LogP contribution >= 0.6 is 27.7 Å². The summed E-state index contributed by atoms with van der Waals surface area (Å²) in [6, 6.07) is 5.40. The largest absolute Gasteiger partial charge is 0.297 e. The van der Waals surface area contributed by atoms with Crippen LogP contribution in [0.1, 0.15) is 18.9 Å². The van der Waals surface area contributed by atoms with Crippen LogP contribution in [0, 0.1) is 10.1 Å². The van der Waals surface area contributed by atoms with Gasteiger partial charge in [0.2, 0.25) is 0 Å². The van der Waals surface area contributed by atoms with Crippen molar-refractivity contribution in [3.05, 3.63) is 38.3 Å². The van der Waals surface area contributed by atoms with E-state index < -0.39 is 0 Å². The summed E-state index contributed by atoms with van der Waals surface area (Å²) >= 11 is 5.25. The Morgan fingerprint density at radius 2 is 2.37 bits per heavy atom. The van der Waals surface area contributed by atoms with Gasteiger partial charge in [-0.05, 0) is 34.0 Å². The van der Waals surface area contributed by atoms with Crippen LogP contribution in [-0.4, -0.2) is 33.9 Å². The maximum atomic E-state index is 10.9. The summed E-state index contributed by atoms with van der Waals surface area (Å²) in [7, 11) is 0. The molecule has 1 unspecified atom stereocenters. The quantitative estimate of drug-likeness (QED) is 0.617. The number of hydrogen-bond donors (Lipinski definition) is 0. The first-order valence-corrected chi connectivity index (χ1v) is 8.21. The summed E-state index contributed by atoms with van der Waals surface area (Å²) in [5, 5.41) is 11.6. The van der Waals surface area contributed by atoms with Crippen molar-refractivity contribution in [1.29, 1.82) is 0 Å². The average Bonchev–Trinajstić information content (AvgIpc) is 2.41. The highest BCUT2D eigenvalue weighted by Crippen LogP contribution is 2.27. The highest BCUT2D eigenvalue weighted by Gasteiger charge is 2.20. The minimum atomic E-state index is -0.339. The zero-order valence-corrected chi connectivity index (χ0v) is 13.2. The Balaban J connectivity index is 2.06. The summed E-state index contributed by atoms with van der Waals surface area (Å²) in [4.78, 5) is 13.0. The number of nitrogens with zero attached hydrogens (tertiary/aromatic N) is 2. The van der Waals surface area contributed by atoms with Crippen LogP contribution in [0.25, 0.3) is 0 Å². The Morgan fingerprint density at radius 1 is 1.58 bits per heavy atom. The molecule has 1 heterocycles. The standard InChI is InChI=1S/C13H17BrN2O2S/c1-2-11-9-15(5-6-19-11)8-10-3-4-12(14)13(7-10)16(17)18/h3-4,7,11H,2,5-6,8-9H2,1H3. The molecule has 1 aliphatic heterocycles. The van der Waals surface area contributed by atoms with E-state index in [0.29, 0.717) is 9.72 Å². The van der Waals surface area contributed by atoms with Crippen LogP contribution in [0.15, 0.2) is 22.7 Å². The molecule has 1 atom stereocenters. The molecule has 1 fully saturated rings. The third-order valence-corrected chi connectivity index (χ3v) is 5.33. The molecule has 0 amide bonds. The van der Waals surface area contributed by atoms with Crippen LogP contribution in [0.3, 0.4) is 0 Å². The lowest BCUT2D eigenvalue weighted by molar-refractivity contribution is -0.385. The first-order chi connectivity index (χ1) is 9.10. The average molecular weight is 345 g/mol. The van der Waals surface area contributed by atoms with Crippen LogP contribution in [0.4, 0.5) is 5.69 Å². The van der Waals surface area contributed by atoms with Gasteiger partial charge in [0.1, 0.15) is 0 Å². The minimum absolute atomic E-state index is 0.149. The van der Waals surface area contributed by atoms with Crippen LogP contribution < -0.4 is 0 Å². The fraction of sp³-hybridized carbons (Fsp3) is 0.538. The van der Waals surface area contributed by atoms with Crippen molar-refractivity contribution in [2.45, 2.75) is 25.1 Å². The van der Waals surface area contributed by atoms with Gasteiger partial charge in [-0.25, -0.2) is 0 Å². The van der Waals surface area contributed by atoms with Crippen molar-refractivity contribution in [3.63, 3.8) is 0 Å². The molecule has 0 bridgehead atoms. The Labute approximate surface area is 125 Å². The number of benzene rings is 1. The Kier molecular flexibility index (Phi) is 5.24. The van der Waals surface area contributed by atoms with Gasteiger partial charge in [-0.3, -0.25) is 15.0 Å². The maximum absolute atomic E-state index is 10.9. The molecule has 0 aliphatic carbocycles. The van der Waals surface area contributed by atoms with Crippen molar-refractivity contribution in [2.75, 3.05) is 18.8 Å². The van der Waals surface area contributed by atoms with Crippen molar-refractivity contribution < 1.29 is 4.92 Å². The number of halogens is 1. The monoisotopic (exact) mass is 344 g/mol. The smallest absolute Gasteiger partial charge is 0.283 e. The Morgan fingerprint density at radius 3 is 3.05 bits per heavy atom. The van der Waals surface area contributed by atoms with Crippen molar-refractivity contribution in [3.8, 4) is 0 Å². The van der Waals surface area contributed by atoms with Gasteiger partial charge in [-0.15, -0.1) is 0 Å². The molecule has 1 aromatic carbocycles. The lowest BCUT2D eigenvalue weighted by atomic mass is 10.2. The third-order valence-electron chi connectivity index (χ3n) is 3.29. The van der Waals surface area contributed by atoms with Gasteiger partial charge in [0.25, 0.3) is 5.69 Å². The second-order valence-electron chi connectivity index (χ2n) is 4.68.